The number of carbonyl (C=O) groups is 1. The molecule has 1 aromatic heterocycles. The highest BCUT2D eigenvalue weighted by Crippen LogP contribution is 2.22. The number of benzene rings is 2. The van der Waals surface area contributed by atoms with Crippen molar-refractivity contribution in [3.63, 3.8) is 0 Å². The minimum Gasteiger partial charge on any atom is -0.493 e. The van der Waals surface area contributed by atoms with Gasteiger partial charge in [0.05, 0.1) is 17.1 Å². The highest BCUT2D eigenvalue weighted by molar-refractivity contribution is 7.92. The second-order valence-electron chi connectivity index (χ2n) is 6.60. The molecule has 0 atom stereocenters. The van der Waals surface area contributed by atoms with Gasteiger partial charge >= 0.3 is 0 Å². The van der Waals surface area contributed by atoms with Crippen LogP contribution >= 0.6 is 0 Å². The summed E-state index contributed by atoms with van der Waals surface area (Å²) in [5.41, 5.74) is 0.868. The number of anilines is 2. The van der Waals surface area contributed by atoms with Crippen LogP contribution in [0.15, 0.2) is 64.0 Å². The number of ether oxygens (including phenoxy) is 1. The van der Waals surface area contributed by atoms with Crippen LogP contribution in [-0.4, -0.2) is 26.1 Å². The summed E-state index contributed by atoms with van der Waals surface area (Å²) in [6.45, 7) is 4.26. The van der Waals surface area contributed by atoms with Gasteiger partial charge in [0.15, 0.2) is 5.82 Å². The zero-order chi connectivity index (χ0) is 21.6. The number of aromatic nitrogens is 1. The highest BCUT2D eigenvalue weighted by atomic mass is 32.2. The summed E-state index contributed by atoms with van der Waals surface area (Å²) < 4.78 is 37.8. The Balaban J connectivity index is 1.69. The van der Waals surface area contributed by atoms with E-state index in [4.69, 9.17) is 9.26 Å². The predicted octanol–water partition coefficient (Wildman–Crippen LogP) is 4.22. The van der Waals surface area contributed by atoms with Gasteiger partial charge in [-0.25, -0.2) is 8.42 Å². The van der Waals surface area contributed by atoms with E-state index in [1.165, 1.54) is 30.3 Å². The molecule has 0 aliphatic carbocycles. The van der Waals surface area contributed by atoms with Gasteiger partial charge in [-0.1, -0.05) is 30.6 Å². The number of para-hydroxylation sites is 1. The third-order valence-electron chi connectivity index (χ3n) is 4.18. The standard InChI is InChI=1S/C21H23N3O5S/c1-3-4-13-28-19-8-6-5-7-18(19)21(25)22-16-9-11-17(12-10-16)30(26,27)24-20-14-15(2)29-23-20/h5-12,14H,3-4,13H2,1-2H3,(H,22,25)(H,23,24). The smallest absolute Gasteiger partial charge is 0.263 e. The molecular formula is C21H23N3O5S. The molecule has 0 bridgehead atoms. The van der Waals surface area contributed by atoms with Gasteiger partial charge < -0.3 is 14.6 Å². The monoisotopic (exact) mass is 429 g/mol. The number of sulfonamides is 1. The minimum atomic E-state index is -3.82. The first kappa shape index (κ1) is 21.4. The molecule has 0 aliphatic rings. The van der Waals surface area contributed by atoms with E-state index in [0.717, 1.165) is 12.8 Å². The molecule has 2 aromatic carbocycles. The second kappa shape index (κ2) is 9.45. The van der Waals surface area contributed by atoms with Crippen LogP contribution in [0.2, 0.25) is 0 Å². The second-order valence-corrected chi connectivity index (χ2v) is 8.29. The molecule has 0 saturated heterocycles. The van der Waals surface area contributed by atoms with Crippen molar-refractivity contribution in [1.82, 2.24) is 5.16 Å². The average Bonchev–Trinajstić information content (AvgIpc) is 3.13. The quantitative estimate of drug-likeness (QED) is 0.493. The fourth-order valence-corrected chi connectivity index (χ4v) is 3.62. The molecule has 3 rings (SSSR count). The number of carbonyl (C=O) groups excluding carboxylic acids is 1. The normalized spacial score (nSPS) is 11.1. The summed E-state index contributed by atoms with van der Waals surface area (Å²) in [5, 5.41) is 6.38. The lowest BCUT2D eigenvalue weighted by Gasteiger charge is -2.12. The van der Waals surface area contributed by atoms with Gasteiger partial charge in [0.2, 0.25) is 0 Å². The van der Waals surface area contributed by atoms with Crippen molar-refractivity contribution >= 4 is 27.4 Å². The lowest BCUT2D eigenvalue weighted by Crippen LogP contribution is -2.15. The van der Waals surface area contributed by atoms with Crippen molar-refractivity contribution in [3.8, 4) is 5.75 Å². The summed E-state index contributed by atoms with van der Waals surface area (Å²) in [4.78, 5) is 12.7. The topological polar surface area (TPSA) is 111 Å². The maximum absolute atomic E-state index is 12.7. The molecule has 1 amide bonds. The van der Waals surface area contributed by atoms with Gasteiger partial charge in [0.25, 0.3) is 15.9 Å². The Kier molecular flexibility index (Phi) is 6.73. The van der Waals surface area contributed by atoms with Crippen LogP contribution in [-0.2, 0) is 10.0 Å². The van der Waals surface area contributed by atoms with Crippen LogP contribution < -0.4 is 14.8 Å². The van der Waals surface area contributed by atoms with E-state index in [-0.39, 0.29) is 16.6 Å². The lowest BCUT2D eigenvalue weighted by atomic mass is 10.2. The fraction of sp³-hybridized carbons (Fsp3) is 0.238. The molecule has 8 nitrogen and oxygen atoms in total. The lowest BCUT2D eigenvalue weighted by molar-refractivity contribution is 0.102. The van der Waals surface area contributed by atoms with Crippen molar-refractivity contribution in [2.75, 3.05) is 16.6 Å². The zero-order valence-corrected chi connectivity index (χ0v) is 17.5. The average molecular weight is 429 g/mol. The van der Waals surface area contributed by atoms with Crippen LogP contribution in [0.25, 0.3) is 0 Å². The summed E-state index contributed by atoms with van der Waals surface area (Å²) in [6, 6.07) is 14.3. The van der Waals surface area contributed by atoms with E-state index in [2.05, 4.69) is 22.1 Å². The molecule has 2 N–H and O–H groups in total. The van der Waals surface area contributed by atoms with Crippen LogP contribution in [0.3, 0.4) is 0 Å². The Labute approximate surface area is 175 Å². The molecule has 0 spiro atoms. The summed E-state index contributed by atoms with van der Waals surface area (Å²) in [5.74, 6) is 0.762. The van der Waals surface area contributed by atoms with Gasteiger partial charge in [-0.15, -0.1) is 0 Å². The van der Waals surface area contributed by atoms with E-state index in [9.17, 15) is 13.2 Å². The first-order valence-electron chi connectivity index (χ1n) is 9.48. The Bertz CT molecular complexity index is 1110. The number of hydrogen-bond acceptors (Lipinski definition) is 6. The molecule has 0 unspecified atom stereocenters. The van der Waals surface area contributed by atoms with Crippen molar-refractivity contribution in [1.29, 1.82) is 0 Å². The first-order valence-corrected chi connectivity index (χ1v) is 11.0. The summed E-state index contributed by atoms with van der Waals surface area (Å²) in [6.07, 6.45) is 1.89. The van der Waals surface area contributed by atoms with Crippen LogP contribution in [0, 0.1) is 6.92 Å². The van der Waals surface area contributed by atoms with Crippen LogP contribution in [0.1, 0.15) is 35.9 Å². The number of nitrogens with zero attached hydrogens (tertiary/aromatic N) is 1. The van der Waals surface area contributed by atoms with E-state index < -0.39 is 10.0 Å². The van der Waals surface area contributed by atoms with Crippen LogP contribution in [0.4, 0.5) is 11.5 Å². The van der Waals surface area contributed by atoms with Gasteiger partial charge in [0.1, 0.15) is 11.5 Å². The first-order chi connectivity index (χ1) is 14.4. The minimum absolute atomic E-state index is 0.0319. The molecule has 0 fully saturated rings. The summed E-state index contributed by atoms with van der Waals surface area (Å²) in [7, 11) is -3.82. The molecule has 9 heteroatoms. The predicted molar refractivity (Wildman–Crippen MR) is 113 cm³/mol. The number of nitrogens with one attached hydrogen (secondary N) is 2. The molecule has 158 valence electrons. The zero-order valence-electron chi connectivity index (χ0n) is 16.7. The third kappa shape index (κ3) is 5.38. The van der Waals surface area contributed by atoms with E-state index in [0.29, 0.717) is 29.4 Å². The molecule has 1 heterocycles. The maximum Gasteiger partial charge on any atom is 0.263 e. The molecule has 0 radical (unpaired) electrons. The number of rotatable bonds is 9. The van der Waals surface area contributed by atoms with Gasteiger partial charge in [-0.05, 0) is 49.7 Å². The van der Waals surface area contributed by atoms with Crippen molar-refractivity contribution in [2.24, 2.45) is 0 Å². The van der Waals surface area contributed by atoms with Crippen molar-refractivity contribution < 1.29 is 22.5 Å². The van der Waals surface area contributed by atoms with E-state index in [1.807, 2.05) is 0 Å². The van der Waals surface area contributed by atoms with Gasteiger partial charge in [-0.2, -0.15) is 0 Å². The Hall–Kier alpha value is -3.33. The highest BCUT2D eigenvalue weighted by Gasteiger charge is 2.17. The summed E-state index contributed by atoms with van der Waals surface area (Å²) >= 11 is 0. The van der Waals surface area contributed by atoms with Crippen LogP contribution in [0.5, 0.6) is 5.75 Å². The van der Waals surface area contributed by atoms with Gasteiger partial charge in [0, 0.05) is 11.8 Å². The molecule has 0 saturated carbocycles. The number of hydrogen-bond donors (Lipinski definition) is 2. The molecule has 3 aromatic rings. The van der Waals surface area contributed by atoms with E-state index in [1.54, 1.807) is 31.2 Å². The fourth-order valence-electron chi connectivity index (χ4n) is 2.63. The largest absolute Gasteiger partial charge is 0.493 e. The van der Waals surface area contributed by atoms with Crippen molar-refractivity contribution in [3.05, 3.63) is 65.9 Å². The Morgan fingerprint density at radius 2 is 1.87 bits per heavy atom. The number of unbranched alkanes of at least 4 members (excludes halogenated alkanes) is 1. The van der Waals surface area contributed by atoms with E-state index >= 15 is 0 Å². The van der Waals surface area contributed by atoms with Gasteiger partial charge in [-0.3, -0.25) is 9.52 Å². The van der Waals surface area contributed by atoms with Crippen molar-refractivity contribution in [2.45, 2.75) is 31.6 Å². The molecule has 0 aliphatic heterocycles. The SMILES string of the molecule is CCCCOc1ccccc1C(=O)Nc1ccc(S(=O)(=O)Nc2cc(C)on2)cc1. The molecule has 30 heavy (non-hydrogen) atoms. The molecular weight excluding hydrogens is 406 g/mol. The maximum atomic E-state index is 12.7. The Morgan fingerprint density at radius 1 is 1.13 bits per heavy atom. The number of aryl methyl sites for hydroxylation is 1. The number of amides is 1. The Morgan fingerprint density at radius 3 is 2.53 bits per heavy atom. The third-order valence-corrected chi connectivity index (χ3v) is 5.55.